The molecule has 5 nitrogen and oxygen atoms in total. The SMILES string of the molecule is NC(N)=N/N=C\c1c[nH]c2ccccc12. The van der Waals surface area contributed by atoms with Crippen LogP contribution in [0.25, 0.3) is 10.9 Å². The Morgan fingerprint density at radius 3 is 2.87 bits per heavy atom. The van der Waals surface area contributed by atoms with Gasteiger partial charge in [-0.25, -0.2) is 0 Å². The molecule has 2 rings (SSSR count). The van der Waals surface area contributed by atoms with E-state index in [0.717, 1.165) is 16.5 Å². The van der Waals surface area contributed by atoms with Gasteiger partial charge in [0.1, 0.15) is 0 Å². The molecule has 0 saturated carbocycles. The summed E-state index contributed by atoms with van der Waals surface area (Å²) >= 11 is 0. The molecule has 0 radical (unpaired) electrons. The predicted octanol–water partition coefficient (Wildman–Crippen LogP) is 0.775. The van der Waals surface area contributed by atoms with Gasteiger partial charge in [-0.1, -0.05) is 18.2 Å². The first-order valence-electron chi connectivity index (χ1n) is 4.45. The molecule has 0 bridgehead atoms. The maximum Gasteiger partial charge on any atom is 0.211 e. The van der Waals surface area contributed by atoms with Crippen LogP contribution < -0.4 is 11.5 Å². The first-order chi connectivity index (χ1) is 7.27. The first-order valence-corrected chi connectivity index (χ1v) is 4.45. The van der Waals surface area contributed by atoms with Crippen molar-refractivity contribution in [2.75, 3.05) is 0 Å². The average molecular weight is 201 g/mol. The van der Waals surface area contributed by atoms with Crippen molar-refractivity contribution >= 4 is 23.1 Å². The number of aromatic amines is 1. The van der Waals surface area contributed by atoms with Crippen molar-refractivity contribution in [1.82, 2.24) is 4.98 Å². The number of fused-ring (bicyclic) bond motifs is 1. The molecule has 0 aliphatic carbocycles. The summed E-state index contributed by atoms with van der Waals surface area (Å²) in [7, 11) is 0. The Morgan fingerprint density at radius 1 is 1.27 bits per heavy atom. The van der Waals surface area contributed by atoms with E-state index in [4.69, 9.17) is 11.5 Å². The molecule has 15 heavy (non-hydrogen) atoms. The molecule has 0 unspecified atom stereocenters. The zero-order valence-electron chi connectivity index (χ0n) is 8.01. The maximum atomic E-state index is 5.15. The van der Waals surface area contributed by atoms with E-state index in [0.29, 0.717) is 0 Å². The van der Waals surface area contributed by atoms with E-state index in [1.165, 1.54) is 0 Å². The van der Waals surface area contributed by atoms with Gasteiger partial charge in [0.25, 0.3) is 0 Å². The Hall–Kier alpha value is -2.30. The van der Waals surface area contributed by atoms with Crippen LogP contribution in [0.5, 0.6) is 0 Å². The van der Waals surface area contributed by atoms with Crippen molar-refractivity contribution < 1.29 is 0 Å². The van der Waals surface area contributed by atoms with Crippen LogP contribution in [0, 0.1) is 0 Å². The molecule has 0 saturated heterocycles. The Morgan fingerprint density at radius 2 is 2.07 bits per heavy atom. The summed E-state index contributed by atoms with van der Waals surface area (Å²) in [6, 6.07) is 7.93. The summed E-state index contributed by atoms with van der Waals surface area (Å²) in [6.45, 7) is 0. The predicted molar refractivity (Wildman–Crippen MR) is 61.7 cm³/mol. The molecule has 0 spiro atoms. The van der Waals surface area contributed by atoms with E-state index < -0.39 is 0 Å². The lowest BCUT2D eigenvalue weighted by Gasteiger charge is -1.89. The number of nitrogens with one attached hydrogen (secondary N) is 1. The molecule has 2 aromatic rings. The summed E-state index contributed by atoms with van der Waals surface area (Å²) < 4.78 is 0. The van der Waals surface area contributed by atoms with Gasteiger partial charge in [0.15, 0.2) is 0 Å². The molecule has 0 atom stereocenters. The highest BCUT2D eigenvalue weighted by Gasteiger charge is 1.98. The molecule has 0 amide bonds. The van der Waals surface area contributed by atoms with Crippen molar-refractivity contribution in [3.63, 3.8) is 0 Å². The van der Waals surface area contributed by atoms with Crippen LogP contribution >= 0.6 is 0 Å². The van der Waals surface area contributed by atoms with Crippen molar-refractivity contribution in [2.24, 2.45) is 21.7 Å². The fraction of sp³-hybridized carbons (Fsp3) is 0. The standard InChI is InChI=1S/C10H11N5/c11-10(12)15-14-6-7-5-13-9-4-2-1-3-8(7)9/h1-6,13H,(H4,11,12,15)/b14-6-. The Balaban J connectivity index is 2.37. The summed E-state index contributed by atoms with van der Waals surface area (Å²) in [6.07, 6.45) is 3.47. The highest BCUT2D eigenvalue weighted by Crippen LogP contribution is 2.15. The van der Waals surface area contributed by atoms with Gasteiger partial charge >= 0.3 is 0 Å². The number of para-hydroxylation sites is 1. The molecule has 5 heteroatoms. The maximum absolute atomic E-state index is 5.15. The first kappa shape index (κ1) is 9.26. The number of hydrogen-bond acceptors (Lipinski definition) is 2. The normalized spacial score (nSPS) is 10.9. The number of H-pyrrole nitrogens is 1. The quantitative estimate of drug-likeness (QED) is 0.380. The van der Waals surface area contributed by atoms with Crippen molar-refractivity contribution in [1.29, 1.82) is 0 Å². The lowest BCUT2D eigenvalue weighted by atomic mass is 10.2. The van der Waals surface area contributed by atoms with Gasteiger partial charge in [-0.3, -0.25) is 0 Å². The van der Waals surface area contributed by atoms with Gasteiger partial charge in [0, 0.05) is 22.7 Å². The number of guanidine groups is 1. The Bertz CT molecular complexity index is 519. The third kappa shape index (κ3) is 1.96. The molecular formula is C10H11N5. The van der Waals surface area contributed by atoms with Gasteiger partial charge in [-0.2, -0.15) is 5.10 Å². The Labute approximate surface area is 86.5 Å². The third-order valence-corrected chi connectivity index (χ3v) is 1.99. The summed E-state index contributed by atoms with van der Waals surface area (Å²) in [5, 5.41) is 8.38. The van der Waals surface area contributed by atoms with Gasteiger partial charge < -0.3 is 16.5 Å². The number of nitrogens with two attached hydrogens (primary N) is 2. The molecule has 0 aliphatic rings. The topological polar surface area (TPSA) is 92.6 Å². The second-order valence-corrected chi connectivity index (χ2v) is 3.06. The van der Waals surface area contributed by atoms with Gasteiger partial charge in [0.2, 0.25) is 5.96 Å². The number of benzene rings is 1. The average Bonchev–Trinajstić information content (AvgIpc) is 2.62. The second-order valence-electron chi connectivity index (χ2n) is 3.06. The molecule has 1 heterocycles. The van der Waals surface area contributed by atoms with Crippen LogP contribution in [-0.4, -0.2) is 17.2 Å². The second kappa shape index (κ2) is 3.83. The van der Waals surface area contributed by atoms with E-state index >= 15 is 0 Å². The van der Waals surface area contributed by atoms with E-state index in [-0.39, 0.29) is 5.96 Å². The highest BCUT2D eigenvalue weighted by atomic mass is 15.3. The van der Waals surface area contributed by atoms with E-state index in [2.05, 4.69) is 15.2 Å². The van der Waals surface area contributed by atoms with Crippen LogP contribution in [0.15, 0.2) is 40.7 Å². The zero-order chi connectivity index (χ0) is 10.7. The fourth-order valence-corrected chi connectivity index (χ4v) is 1.36. The minimum absolute atomic E-state index is 0.0499. The largest absolute Gasteiger partial charge is 0.369 e. The number of nitrogens with zero attached hydrogens (tertiary/aromatic N) is 2. The van der Waals surface area contributed by atoms with Crippen molar-refractivity contribution in [3.8, 4) is 0 Å². The number of hydrogen-bond donors (Lipinski definition) is 3. The summed E-state index contributed by atoms with van der Waals surface area (Å²) in [5.41, 5.74) is 12.3. The molecular weight excluding hydrogens is 190 g/mol. The van der Waals surface area contributed by atoms with E-state index in [9.17, 15) is 0 Å². The smallest absolute Gasteiger partial charge is 0.211 e. The molecule has 1 aromatic heterocycles. The molecule has 0 fully saturated rings. The van der Waals surface area contributed by atoms with Crippen LogP contribution in [0.2, 0.25) is 0 Å². The van der Waals surface area contributed by atoms with E-state index in [1.807, 2.05) is 30.5 Å². The minimum atomic E-state index is -0.0499. The van der Waals surface area contributed by atoms with E-state index in [1.54, 1.807) is 6.21 Å². The van der Waals surface area contributed by atoms with Crippen molar-refractivity contribution in [2.45, 2.75) is 0 Å². The van der Waals surface area contributed by atoms with Crippen LogP contribution in [-0.2, 0) is 0 Å². The molecule has 1 aromatic carbocycles. The lowest BCUT2D eigenvalue weighted by Crippen LogP contribution is -2.21. The van der Waals surface area contributed by atoms with Gasteiger partial charge in [-0.05, 0) is 6.07 Å². The summed E-state index contributed by atoms with van der Waals surface area (Å²) in [5.74, 6) is -0.0499. The lowest BCUT2D eigenvalue weighted by molar-refractivity contribution is 1.22. The minimum Gasteiger partial charge on any atom is -0.369 e. The monoisotopic (exact) mass is 201 g/mol. The third-order valence-electron chi connectivity index (χ3n) is 1.99. The Kier molecular flexibility index (Phi) is 2.37. The number of rotatable bonds is 2. The van der Waals surface area contributed by atoms with Crippen LogP contribution in [0.4, 0.5) is 0 Å². The van der Waals surface area contributed by atoms with Gasteiger partial charge in [0.05, 0.1) is 6.21 Å². The van der Waals surface area contributed by atoms with Crippen LogP contribution in [0.3, 0.4) is 0 Å². The van der Waals surface area contributed by atoms with Crippen molar-refractivity contribution in [3.05, 3.63) is 36.0 Å². The van der Waals surface area contributed by atoms with Crippen LogP contribution in [0.1, 0.15) is 5.56 Å². The number of aromatic nitrogens is 1. The molecule has 5 N–H and O–H groups in total. The molecule has 76 valence electrons. The zero-order valence-corrected chi connectivity index (χ0v) is 8.01. The highest BCUT2D eigenvalue weighted by molar-refractivity contribution is 5.99. The fourth-order valence-electron chi connectivity index (χ4n) is 1.36. The van der Waals surface area contributed by atoms with Gasteiger partial charge in [-0.15, -0.1) is 5.10 Å². The summed E-state index contributed by atoms with van der Waals surface area (Å²) in [4.78, 5) is 3.12. The molecule has 0 aliphatic heterocycles.